The van der Waals surface area contributed by atoms with Gasteiger partial charge >= 0.3 is 0 Å². The maximum Gasteiger partial charge on any atom is 0.132 e. The third kappa shape index (κ3) is 8.67. The smallest absolute Gasteiger partial charge is 0.132 e. The molecule has 0 spiro atoms. The van der Waals surface area contributed by atoms with Crippen LogP contribution in [0.1, 0.15) is 64.5 Å². The molecule has 1 aromatic rings. The van der Waals surface area contributed by atoms with Crippen LogP contribution in [-0.2, 0) is 22.6 Å². The molecule has 1 aromatic carbocycles. The lowest BCUT2D eigenvalue weighted by Crippen LogP contribution is -2.02. The summed E-state index contributed by atoms with van der Waals surface area (Å²) in [5, 5.41) is 0. The molecule has 0 bridgehead atoms. The molecule has 0 radical (unpaired) electrons. The van der Waals surface area contributed by atoms with Crippen LogP contribution in [0.4, 0.5) is 0 Å². The van der Waals surface area contributed by atoms with Crippen molar-refractivity contribution in [2.45, 2.75) is 72.5 Å². The van der Waals surface area contributed by atoms with Gasteiger partial charge in [0.1, 0.15) is 5.78 Å². The van der Waals surface area contributed by atoms with Gasteiger partial charge in [-0.3, -0.25) is 4.79 Å². The lowest BCUT2D eigenvalue weighted by molar-refractivity contribution is -0.119. The van der Waals surface area contributed by atoms with Crippen LogP contribution in [0.25, 0.3) is 0 Å². The summed E-state index contributed by atoms with van der Waals surface area (Å²) in [7, 11) is 0. The normalized spacial score (nSPS) is 11.3. The van der Waals surface area contributed by atoms with E-state index in [1.807, 2.05) is 13.8 Å². The van der Waals surface area contributed by atoms with Gasteiger partial charge in [-0.25, -0.2) is 0 Å². The second-order valence-corrected chi connectivity index (χ2v) is 6.50. The monoisotopic (exact) mass is 290 g/mol. The van der Waals surface area contributed by atoms with E-state index in [4.69, 9.17) is 4.74 Å². The van der Waals surface area contributed by atoms with Gasteiger partial charge in [0.15, 0.2) is 0 Å². The number of carbonyl (C=O) groups is 1. The zero-order chi connectivity index (χ0) is 15.7. The van der Waals surface area contributed by atoms with Crippen molar-refractivity contribution < 1.29 is 9.53 Å². The quantitative estimate of drug-likeness (QED) is 0.610. The van der Waals surface area contributed by atoms with Crippen LogP contribution in [0, 0.1) is 5.92 Å². The van der Waals surface area contributed by atoms with Crippen LogP contribution in [-0.4, -0.2) is 11.9 Å². The molecule has 118 valence electrons. The number of aryl methyl sites for hydroxylation is 1. The highest BCUT2D eigenvalue weighted by Crippen LogP contribution is 2.12. The molecule has 0 aliphatic carbocycles. The first-order valence-corrected chi connectivity index (χ1v) is 8.18. The Morgan fingerprint density at radius 2 is 1.62 bits per heavy atom. The second-order valence-electron chi connectivity index (χ2n) is 6.50. The van der Waals surface area contributed by atoms with Gasteiger partial charge in [-0.2, -0.15) is 0 Å². The molecule has 0 fully saturated rings. The van der Waals surface area contributed by atoms with Gasteiger partial charge in [0.05, 0.1) is 12.7 Å². The molecule has 1 rings (SSSR count). The molecule has 0 aliphatic heterocycles. The number of hydrogen-bond acceptors (Lipinski definition) is 2. The predicted octanol–water partition coefficient (Wildman–Crippen LogP) is 4.94. The summed E-state index contributed by atoms with van der Waals surface area (Å²) in [5.41, 5.74) is 2.51. The number of ketones is 1. The average Bonchev–Trinajstić information content (AvgIpc) is 2.44. The van der Waals surface area contributed by atoms with Crippen molar-refractivity contribution in [1.29, 1.82) is 0 Å². The SMILES string of the molecule is CC(C)CCC(=O)CCCc1ccc(COC(C)C)cc1. The van der Waals surface area contributed by atoms with Crippen molar-refractivity contribution in [3.63, 3.8) is 0 Å². The highest BCUT2D eigenvalue weighted by atomic mass is 16.5. The summed E-state index contributed by atoms with van der Waals surface area (Å²) >= 11 is 0. The van der Waals surface area contributed by atoms with Crippen molar-refractivity contribution in [3.8, 4) is 0 Å². The van der Waals surface area contributed by atoms with E-state index in [0.717, 1.165) is 25.7 Å². The van der Waals surface area contributed by atoms with Gasteiger partial charge in [0, 0.05) is 12.8 Å². The molecule has 0 aromatic heterocycles. The van der Waals surface area contributed by atoms with Crippen LogP contribution >= 0.6 is 0 Å². The minimum Gasteiger partial charge on any atom is -0.374 e. The van der Waals surface area contributed by atoms with Gasteiger partial charge < -0.3 is 4.74 Å². The molecule has 0 aliphatic rings. The first-order chi connectivity index (χ1) is 9.97. The Hall–Kier alpha value is -1.15. The first kappa shape index (κ1) is 17.9. The summed E-state index contributed by atoms with van der Waals surface area (Å²) < 4.78 is 5.58. The standard InChI is InChI=1S/C19H30O2/c1-15(2)8-13-19(20)7-5-6-17-9-11-18(12-10-17)14-21-16(3)4/h9-12,15-16H,5-8,13-14H2,1-4H3. The Labute approximate surface area is 129 Å². The summed E-state index contributed by atoms with van der Waals surface area (Å²) in [5.74, 6) is 1.03. The number of Topliss-reactive ketones (excluding diaryl/α,β-unsaturated/α-hetero) is 1. The minimum atomic E-state index is 0.265. The van der Waals surface area contributed by atoms with Crippen LogP contribution in [0.3, 0.4) is 0 Å². The van der Waals surface area contributed by atoms with E-state index in [9.17, 15) is 4.79 Å². The van der Waals surface area contributed by atoms with Crippen LogP contribution in [0.2, 0.25) is 0 Å². The van der Waals surface area contributed by atoms with Crippen molar-refractivity contribution in [2.24, 2.45) is 5.92 Å². The molecule has 0 saturated heterocycles. The first-order valence-electron chi connectivity index (χ1n) is 8.18. The van der Waals surface area contributed by atoms with E-state index in [0.29, 0.717) is 24.7 Å². The number of ether oxygens (including phenoxy) is 1. The molecule has 2 heteroatoms. The molecular weight excluding hydrogens is 260 g/mol. The number of benzene rings is 1. The number of rotatable bonds is 10. The molecule has 0 heterocycles. The van der Waals surface area contributed by atoms with E-state index >= 15 is 0 Å². The zero-order valence-electron chi connectivity index (χ0n) is 14.0. The van der Waals surface area contributed by atoms with E-state index in [-0.39, 0.29) is 6.10 Å². The van der Waals surface area contributed by atoms with Gasteiger partial charge in [-0.05, 0) is 50.2 Å². The minimum absolute atomic E-state index is 0.265. The molecule has 0 N–H and O–H groups in total. The predicted molar refractivity (Wildman–Crippen MR) is 88.4 cm³/mol. The van der Waals surface area contributed by atoms with E-state index in [1.54, 1.807) is 0 Å². The van der Waals surface area contributed by atoms with Gasteiger partial charge in [0.25, 0.3) is 0 Å². The second kappa shape index (κ2) is 9.73. The van der Waals surface area contributed by atoms with Crippen molar-refractivity contribution in [3.05, 3.63) is 35.4 Å². The topological polar surface area (TPSA) is 26.3 Å². The molecular formula is C19H30O2. The number of carbonyl (C=O) groups excluding carboxylic acids is 1. The Morgan fingerprint density at radius 3 is 2.19 bits per heavy atom. The third-order valence-electron chi connectivity index (χ3n) is 3.53. The van der Waals surface area contributed by atoms with Gasteiger partial charge in [-0.1, -0.05) is 38.1 Å². The van der Waals surface area contributed by atoms with Crippen LogP contribution in [0.5, 0.6) is 0 Å². The van der Waals surface area contributed by atoms with E-state index < -0.39 is 0 Å². The molecule has 0 atom stereocenters. The van der Waals surface area contributed by atoms with Crippen molar-refractivity contribution in [1.82, 2.24) is 0 Å². The van der Waals surface area contributed by atoms with Crippen molar-refractivity contribution in [2.75, 3.05) is 0 Å². The average molecular weight is 290 g/mol. The highest BCUT2D eigenvalue weighted by molar-refractivity contribution is 5.78. The molecule has 2 nitrogen and oxygen atoms in total. The highest BCUT2D eigenvalue weighted by Gasteiger charge is 2.04. The Kier molecular flexibility index (Phi) is 8.29. The maximum atomic E-state index is 11.7. The maximum absolute atomic E-state index is 11.7. The van der Waals surface area contributed by atoms with Gasteiger partial charge in [-0.15, -0.1) is 0 Å². The Bertz CT molecular complexity index is 404. The van der Waals surface area contributed by atoms with E-state index in [1.165, 1.54) is 11.1 Å². The lowest BCUT2D eigenvalue weighted by Gasteiger charge is -2.08. The molecule has 0 unspecified atom stereocenters. The molecule has 0 saturated carbocycles. The summed E-state index contributed by atoms with van der Waals surface area (Å²) in [6.45, 7) is 9.09. The fourth-order valence-electron chi connectivity index (χ4n) is 2.13. The zero-order valence-corrected chi connectivity index (χ0v) is 14.0. The Balaban J connectivity index is 2.25. The summed E-state index contributed by atoms with van der Waals surface area (Å²) in [4.78, 5) is 11.7. The lowest BCUT2D eigenvalue weighted by atomic mass is 10.0. The van der Waals surface area contributed by atoms with Crippen LogP contribution in [0.15, 0.2) is 24.3 Å². The van der Waals surface area contributed by atoms with Gasteiger partial charge in [0.2, 0.25) is 0 Å². The Morgan fingerprint density at radius 1 is 1.00 bits per heavy atom. The fourth-order valence-corrected chi connectivity index (χ4v) is 2.13. The summed E-state index contributed by atoms with van der Waals surface area (Å²) in [6, 6.07) is 8.55. The van der Waals surface area contributed by atoms with Crippen LogP contribution < -0.4 is 0 Å². The van der Waals surface area contributed by atoms with E-state index in [2.05, 4.69) is 38.1 Å². The third-order valence-corrected chi connectivity index (χ3v) is 3.53. The molecule has 21 heavy (non-hydrogen) atoms. The fraction of sp³-hybridized carbons (Fsp3) is 0.632. The largest absolute Gasteiger partial charge is 0.374 e. The molecule has 0 amide bonds. The number of hydrogen-bond donors (Lipinski definition) is 0. The summed E-state index contributed by atoms with van der Waals surface area (Å²) in [6.07, 6.45) is 4.68. The van der Waals surface area contributed by atoms with Crippen molar-refractivity contribution >= 4 is 5.78 Å².